The van der Waals surface area contributed by atoms with E-state index < -0.39 is 6.04 Å². The topological polar surface area (TPSA) is 78.7 Å². The molecule has 0 aromatic heterocycles. The Balaban J connectivity index is 1.29. The Morgan fingerprint density at radius 3 is 2.31 bits per heavy atom. The van der Waals surface area contributed by atoms with Crippen LogP contribution in [0.25, 0.3) is 0 Å². The lowest BCUT2D eigenvalue weighted by Gasteiger charge is -2.30. The van der Waals surface area contributed by atoms with Gasteiger partial charge in [-0.1, -0.05) is 12.1 Å². The Labute approximate surface area is 189 Å². The molecule has 3 aliphatic carbocycles. The molecule has 32 heavy (non-hydrogen) atoms. The molecule has 2 unspecified atom stereocenters. The first-order valence-corrected chi connectivity index (χ1v) is 12.3. The summed E-state index contributed by atoms with van der Waals surface area (Å²) in [6.45, 7) is 1.34. The number of hydrogen-bond acceptors (Lipinski definition) is 4. The van der Waals surface area contributed by atoms with Gasteiger partial charge in [-0.2, -0.15) is 0 Å². The van der Waals surface area contributed by atoms with Crippen LogP contribution in [-0.4, -0.2) is 58.4 Å². The SMILES string of the molecule is NC1CCC(NC(=O)C2CC(N(Cc3ccc(F)cc3)C3CC3)CN2C(=O)C2CC2)CC1. The van der Waals surface area contributed by atoms with Gasteiger partial charge in [-0.25, -0.2) is 4.39 Å². The highest BCUT2D eigenvalue weighted by atomic mass is 19.1. The van der Waals surface area contributed by atoms with Crippen LogP contribution >= 0.6 is 0 Å². The zero-order valence-corrected chi connectivity index (χ0v) is 18.7. The van der Waals surface area contributed by atoms with Gasteiger partial charge in [-0.3, -0.25) is 14.5 Å². The number of hydrogen-bond donors (Lipinski definition) is 2. The van der Waals surface area contributed by atoms with Gasteiger partial charge in [0.2, 0.25) is 11.8 Å². The second-order valence-electron chi connectivity index (χ2n) is 10.3. The normalized spacial score (nSPS) is 30.5. The van der Waals surface area contributed by atoms with Crippen molar-refractivity contribution in [3.05, 3.63) is 35.6 Å². The first-order valence-electron chi connectivity index (χ1n) is 12.3. The van der Waals surface area contributed by atoms with E-state index in [1.54, 1.807) is 0 Å². The van der Waals surface area contributed by atoms with E-state index in [4.69, 9.17) is 5.73 Å². The molecule has 1 aliphatic heterocycles. The molecule has 1 aromatic rings. The van der Waals surface area contributed by atoms with Crippen LogP contribution in [0.2, 0.25) is 0 Å². The molecule has 1 aromatic carbocycles. The number of likely N-dealkylation sites (tertiary alicyclic amines) is 1. The molecule has 2 amide bonds. The molecule has 5 rings (SSSR count). The molecule has 3 saturated carbocycles. The lowest BCUT2D eigenvalue weighted by Crippen LogP contribution is -2.50. The third-order valence-corrected chi connectivity index (χ3v) is 7.67. The van der Waals surface area contributed by atoms with Crippen molar-refractivity contribution < 1.29 is 14.0 Å². The zero-order chi connectivity index (χ0) is 22.2. The highest BCUT2D eigenvalue weighted by molar-refractivity contribution is 5.90. The van der Waals surface area contributed by atoms with Crippen molar-refractivity contribution in [2.24, 2.45) is 11.7 Å². The second-order valence-corrected chi connectivity index (χ2v) is 10.3. The predicted molar refractivity (Wildman–Crippen MR) is 120 cm³/mol. The van der Waals surface area contributed by atoms with Crippen LogP contribution in [-0.2, 0) is 16.1 Å². The Morgan fingerprint density at radius 2 is 1.69 bits per heavy atom. The van der Waals surface area contributed by atoms with Crippen LogP contribution in [0.15, 0.2) is 24.3 Å². The average Bonchev–Trinajstić information content (AvgIpc) is 3.71. The fourth-order valence-electron chi connectivity index (χ4n) is 5.44. The summed E-state index contributed by atoms with van der Waals surface area (Å²) in [6, 6.07) is 7.35. The van der Waals surface area contributed by atoms with Crippen LogP contribution in [0.4, 0.5) is 4.39 Å². The fourth-order valence-corrected chi connectivity index (χ4v) is 5.44. The minimum absolute atomic E-state index is 0.000462. The predicted octanol–water partition coefficient (Wildman–Crippen LogP) is 2.56. The zero-order valence-electron chi connectivity index (χ0n) is 18.7. The van der Waals surface area contributed by atoms with E-state index in [0.29, 0.717) is 19.0 Å². The van der Waals surface area contributed by atoms with Crippen LogP contribution in [0.5, 0.6) is 0 Å². The highest BCUT2D eigenvalue weighted by Crippen LogP contribution is 2.38. The molecule has 0 radical (unpaired) electrons. The molecule has 4 aliphatic rings. The molecule has 3 N–H and O–H groups in total. The Bertz CT molecular complexity index is 831. The van der Waals surface area contributed by atoms with Crippen molar-refractivity contribution in [1.29, 1.82) is 0 Å². The summed E-state index contributed by atoms with van der Waals surface area (Å²) in [5, 5.41) is 3.24. The van der Waals surface area contributed by atoms with Crippen molar-refractivity contribution in [2.45, 2.75) is 94.5 Å². The summed E-state index contributed by atoms with van der Waals surface area (Å²) < 4.78 is 13.4. The Kier molecular flexibility index (Phi) is 6.21. The van der Waals surface area contributed by atoms with Crippen LogP contribution < -0.4 is 11.1 Å². The number of nitrogens with two attached hydrogens (primary N) is 1. The van der Waals surface area contributed by atoms with E-state index in [-0.39, 0.29) is 41.7 Å². The number of amides is 2. The van der Waals surface area contributed by atoms with Crippen molar-refractivity contribution in [3.8, 4) is 0 Å². The fraction of sp³-hybridized carbons (Fsp3) is 0.680. The highest BCUT2D eigenvalue weighted by Gasteiger charge is 2.48. The van der Waals surface area contributed by atoms with Gasteiger partial charge in [0.1, 0.15) is 11.9 Å². The molecule has 4 fully saturated rings. The maximum Gasteiger partial charge on any atom is 0.243 e. The molecule has 0 bridgehead atoms. The lowest BCUT2D eigenvalue weighted by molar-refractivity contribution is -0.139. The van der Waals surface area contributed by atoms with Gasteiger partial charge in [-0.15, -0.1) is 0 Å². The number of benzene rings is 1. The minimum Gasteiger partial charge on any atom is -0.352 e. The maximum absolute atomic E-state index is 13.4. The van der Waals surface area contributed by atoms with E-state index in [9.17, 15) is 14.0 Å². The first kappa shape index (κ1) is 21.8. The Morgan fingerprint density at radius 1 is 1.00 bits per heavy atom. The maximum atomic E-state index is 13.4. The number of halogens is 1. The summed E-state index contributed by atoms with van der Waals surface area (Å²) in [6.07, 6.45) is 8.56. The third-order valence-electron chi connectivity index (χ3n) is 7.67. The van der Waals surface area contributed by atoms with Gasteiger partial charge in [-0.05, 0) is 75.5 Å². The number of nitrogens with zero attached hydrogens (tertiary/aromatic N) is 2. The standard InChI is InChI=1S/C25H35FN4O2/c26-18-5-1-16(2-6-18)14-29(21-11-12-21)22-13-23(30(15-22)25(32)17-3-4-17)24(31)28-20-9-7-19(27)8-10-20/h1-2,5-6,17,19-23H,3-4,7-15,27H2,(H,28,31). The van der Waals surface area contributed by atoms with Crippen molar-refractivity contribution in [3.63, 3.8) is 0 Å². The van der Waals surface area contributed by atoms with Crippen molar-refractivity contribution >= 4 is 11.8 Å². The van der Waals surface area contributed by atoms with E-state index in [1.807, 2.05) is 17.0 Å². The van der Waals surface area contributed by atoms with E-state index in [0.717, 1.165) is 63.5 Å². The molecular weight excluding hydrogens is 407 g/mol. The average molecular weight is 443 g/mol. The molecule has 6 nitrogen and oxygen atoms in total. The minimum atomic E-state index is -0.391. The molecule has 7 heteroatoms. The number of carbonyl (C=O) groups excluding carboxylic acids is 2. The summed E-state index contributed by atoms with van der Waals surface area (Å²) in [7, 11) is 0. The van der Waals surface area contributed by atoms with Crippen LogP contribution in [0.3, 0.4) is 0 Å². The summed E-state index contributed by atoms with van der Waals surface area (Å²) in [5.74, 6) is 0.0211. The summed E-state index contributed by atoms with van der Waals surface area (Å²) in [4.78, 5) is 30.7. The molecule has 1 saturated heterocycles. The molecule has 174 valence electrons. The quantitative estimate of drug-likeness (QED) is 0.680. The number of carbonyl (C=O) groups is 2. The first-order chi connectivity index (χ1) is 15.5. The van der Waals surface area contributed by atoms with Gasteiger partial charge >= 0.3 is 0 Å². The molecular formula is C25H35FN4O2. The summed E-state index contributed by atoms with van der Waals surface area (Å²) >= 11 is 0. The lowest BCUT2D eigenvalue weighted by atomic mass is 9.91. The van der Waals surface area contributed by atoms with Gasteiger partial charge in [0.25, 0.3) is 0 Å². The van der Waals surface area contributed by atoms with Crippen LogP contribution in [0.1, 0.15) is 63.4 Å². The van der Waals surface area contributed by atoms with Gasteiger partial charge in [0.05, 0.1) is 0 Å². The van der Waals surface area contributed by atoms with Crippen molar-refractivity contribution in [1.82, 2.24) is 15.1 Å². The van der Waals surface area contributed by atoms with Gasteiger partial charge in [0.15, 0.2) is 0 Å². The summed E-state index contributed by atoms with van der Waals surface area (Å²) in [5.41, 5.74) is 7.09. The number of nitrogens with one attached hydrogen (secondary N) is 1. The molecule has 0 spiro atoms. The van der Waals surface area contributed by atoms with Gasteiger partial charge < -0.3 is 16.0 Å². The van der Waals surface area contributed by atoms with Crippen molar-refractivity contribution in [2.75, 3.05) is 6.54 Å². The van der Waals surface area contributed by atoms with E-state index in [1.165, 1.54) is 12.1 Å². The van der Waals surface area contributed by atoms with E-state index in [2.05, 4.69) is 10.2 Å². The largest absolute Gasteiger partial charge is 0.352 e. The van der Waals surface area contributed by atoms with Gasteiger partial charge in [0, 0.05) is 43.2 Å². The monoisotopic (exact) mass is 442 g/mol. The third kappa shape index (κ3) is 4.99. The molecule has 1 heterocycles. The molecule has 2 atom stereocenters. The smallest absolute Gasteiger partial charge is 0.243 e. The van der Waals surface area contributed by atoms with E-state index >= 15 is 0 Å². The second kappa shape index (κ2) is 9.10. The Hall–Kier alpha value is -1.99. The number of rotatable bonds is 7. The van der Waals surface area contributed by atoms with Crippen LogP contribution in [0, 0.1) is 11.7 Å².